The number of thiophene rings is 1. The first-order valence-electron chi connectivity index (χ1n) is 8.60. The number of hydrogen-bond acceptors (Lipinski definition) is 4. The highest BCUT2D eigenvalue weighted by molar-refractivity contribution is 7.09. The van der Waals surface area contributed by atoms with Gasteiger partial charge in [0, 0.05) is 24.4 Å². The molecule has 0 bridgehead atoms. The van der Waals surface area contributed by atoms with E-state index in [4.69, 9.17) is 0 Å². The van der Waals surface area contributed by atoms with Crippen LogP contribution in [0, 0.1) is 5.92 Å². The fourth-order valence-corrected chi connectivity index (χ4v) is 3.79. The van der Waals surface area contributed by atoms with Crippen LogP contribution < -0.4 is 5.32 Å². The summed E-state index contributed by atoms with van der Waals surface area (Å²) in [4.78, 5) is 15.8. The highest BCUT2D eigenvalue weighted by atomic mass is 32.1. The number of nitrogens with one attached hydrogen (secondary N) is 1. The maximum atomic E-state index is 12.8. The van der Waals surface area contributed by atoms with E-state index >= 15 is 0 Å². The highest BCUT2D eigenvalue weighted by Crippen LogP contribution is 2.25. The fraction of sp³-hybridized carbons (Fsp3) is 0.588. The highest BCUT2D eigenvalue weighted by Gasteiger charge is 2.28. The molecule has 24 heavy (non-hydrogen) atoms. The molecule has 0 saturated carbocycles. The zero-order valence-corrected chi connectivity index (χ0v) is 15.3. The third-order valence-corrected chi connectivity index (χ3v) is 5.32. The van der Waals surface area contributed by atoms with Gasteiger partial charge in [0.15, 0.2) is 5.82 Å². The van der Waals surface area contributed by atoms with Crippen LogP contribution in [0.5, 0.6) is 0 Å². The molecule has 0 radical (unpaired) electrons. The molecule has 1 aliphatic rings. The summed E-state index contributed by atoms with van der Waals surface area (Å²) < 4.78 is 2.17. The summed E-state index contributed by atoms with van der Waals surface area (Å²) >= 11 is 1.68. The lowest BCUT2D eigenvalue weighted by atomic mass is 10.0. The van der Waals surface area contributed by atoms with Crippen molar-refractivity contribution in [2.75, 3.05) is 6.54 Å². The van der Waals surface area contributed by atoms with Gasteiger partial charge in [-0.15, -0.1) is 21.5 Å². The predicted molar refractivity (Wildman–Crippen MR) is 94.9 cm³/mol. The molecule has 7 heteroatoms. The second-order valence-corrected chi connectivity index (χ2v) is 7.53. The van der Waals surface area contributed by atoms with Crippen LogP contribution in [-0.4, -0.2) is 32.2 Å². The van der Waals surface area contributed by atoms with Gasteiger partial charge in [-0.25, -0.2) is 4.79 Å². The van der Waals surface area contributed by atoms with Crippen molar-refractivity contribution >= 4 is 17.4 Å². The summed E-state index contributed by atoms with van der Waals surface area (Å²) in [6.45, 7) is 8.49. The van der Waals surface area contributed by atoms with Crippen LogP contribution in [0.1, 0.15) is 49.8 Å². The number of fused-ring (bicyclic) bond motifs is 1. The van der Waals surface area contributed by atoms with Gasteiger partial charge in [0.25, 0.3) is 0 Å². The number of amides is 2. The molecule has 2 aromatic heterocycles. The van der Waals surface area contributed by atoms with Crippen molar-refractivity contribution in [1.29, 1.82) is 0 Å². The molecule has 130 valence electrons. The first kappa shape index (κ1) is 17.0. The van der Waals surface area contributed by atoms with Gasteiger partial charge in [0.2, 0.25) is 0 Å². The Balaban J connectivity index is 1.73. The molecule has 1 N–H and O–H groups in total. The van der Waals surface area contributed by atoms with Gasteiger partial charge < -0.3 is 14.8 Å². The molecule has 1 unspecified atom stereocenters. The van der Waals surface area contributed by atoms with E-state index in [0.29, 0.717) is 13.1 Å². The van der Waals surface area contributed by atoms with Crippen molar-refractivity contribution < 1.29 is 4.79 Å². The van der Waals surface area contributed by atoms with Crippen LogP contribution in [0.3, 0.4) is 0 Å². The maximum Gasteiger partial charge on any atom is 0.318 e. The predicted octanol–water partition coefficient (Wildman–Crippen LogP) is 3.21. The summed E-state index contributed by atoms with van der Waals surface area (Å²) in [7, 11) is 0. The molecule has 6 nitrogen and oxygen atoms in total. The van der Waals surface area contributed by atoms with Crippen LogP contribution in [0.2, 0.25) is 0 Å². The second kappa shape index (κ2) is 7.34. The number of carbonyl (C=O) groups excluding carboxylic acids is 1. The number of hydrogen-bond donors (Lipinski definition) is 1. The Hall–Kier alpha value is -1.89. The van der Waals surface area contributed by atoms with Crippen LogP contribution in [-0.2, 0) is 19.5 Å². The van der Waals surface area contributed by atoms with Crippen molar-refractivity contribution in [3.63, 3.8) is 0 Å². The van der Waals surface area contributed by atoms with E-state index in [9.17, 15) is 4.79 Å². The van der Waals surface area contributed by atoms with Gasteiger partial charge in [-0.2, -0.15) is 0 Å². The number of aromatic nitrogens is 3. The number of carbonyl (C=O) groups is 1. The summed E-state index contributed by atoms with van der Waals surface area (Å²) in [5.41, 5.74) is 0. The Morgan fingerprint density at radius 3 is 2.96 bits per heavy atom. The van der Waals surface area contributed by atoms with Crippen LogP contribution in [0.25, 0.3) is 0 Å². The molecule has 1 aliphatic heterocycles. The van der Waals surface area contributed by atoms with Crippen LogP contribution in [0.4, 0.5) is 4.79 Å². The smallest absolute Gasteiger partial charge is 0.318 e. The van der Waals surface area contributed by atoms with Crippen molar-refractivity contribution in [2.24, 2.45) is 5.92 Å². The first-order chi connectivity index (χ1) is 11.6. The molecule has 0 aromatic carbocycles. The molecule has 1 atom stereocenters. The van der Waals surface area contributed by atoms with Gasteiger partial charge in [0.1, 0.15) is 5.82 Å². The standard InChI is InChI=1S/C17H25N5OS/c1-4-21(11-13-7-6-10-24-13)17(23)18-15(12(2)3)16-20-19-14-8-5-9-22(14)16/h6-7,10,12,15H,4-5,8-9,11H2,1-3H3,(H,18,23). The van der Waals surface area contributed by atoms with E-state index in [2.05, 4.69) is 40.0 Å². The van der Waals surface area contributed by atoms with Gasteiger partial charge in [-0.3, -0.25) is 0 Å². The fourth-order valence-electron chi connectivity index (χ4n) is 3.07. The summed E-state index contributed by atoms with van der Waals surface area (Å²) in [6, 6.07) is 3.92. The van der Waals surface area contributed by atoms with Crippen molar-refractivity contribution in [3.8, 4) is 0 Å². The second-order valence-electron chi connectivity index (χ2n) is 6.49. The monoisotopic (exact) mass is 347 g/mol. The van der Waals surface area contributed by atoms with Crippen molar-refractivity contribution in [2.45, 2.75) is 52.7 Å². The molecular weight excluding hydrogens is 322 g/mol. The lowest BCUT2D eigenvalue weighted by molar-refractivity contribution is 0.189. The van der Waals surface area contributed by atoms with Crippen molar-refractivity contribution in [3.05, 3.63) is 34.0 Å². The van der Waals surface area contributed by atoms with Crippen LogP contribution >= 0.6 is 11.3 Å². The molecular formula is C17H25N5OS. The lowest BCUT2D eigenvalue weighted by Gasteiger charge is -2.27. The molecule has 2 amide bonds. The molecule has 3 rings (SSSR count). The Labute approximate surface area is 146 Å². The largest absolute Gasteiger partial charge is 0.328 e. The molecule has 0 fully saturated rings. The zero-order valence-electron chi connectivity index (χ0n) is 14.5. The maximum absolute atomic E-state index is 12.8. The zero-order chi connectivity index (χ0) is 17.1. The lowest BCUT2D eigenvalue weighted by Crippen LogP contribution is -2.43. The molecule has 0 spiro atoms. The Bertz CT molecular complexity index is 679. The number of nitrogens with zero attached hydrogens (tertiary/aromatic N) is 4. The summed E-state index contributed by atoms with van der Waals surface area (Å²) in [5.74, 6) is 2.18. The summed E-state index contributed by atoms with van der Waals surface area (Å²) in [5, 5.41) is 13.9. The quantitative estimate of drug-likeness (QED) is 0.873. The van der Waals surface area contributed by atoms with Gasteiger partial charge in [0.05, 0.1) is 12.6 Å². The topological polar surface area (TPSA) is 63.1 Å². The van der Waals surface area contributed by atoms with E-state index < -0.39 is 0 Å². The van der Waals surface area contributed by atoms with Gasteiger partial charge in [-0.05, 0) is 30.7 Å². The number of aryl methyl sites for hydroxylation is 1. The Morgan fingerprint density at radius 1 is 1.46 bits per heavy atom. The molecule has 0 saturated heterocycles. The van der Waals surface area contributed by atoms with Gasteiger partial charge >= 0.3 is 6.03 Å². The normalized spacial score (nSPS) is 14.7. The van der Waals surface area contributed by atoms with Crippen molar-refractivity contribution in [1.82, 2.24) is 25.0 Å². The molecule has 0 aliphatic carbocycles. The molecule has 3 heterocycles. The summed E-state index contributed by atoms with van der Waals surface area (Å²) in [6.07, 6.45) is 2.08. The minimum absolute atomic E-state index is 0.0417. The molecule has 2 aromatic rings. The SMILES string of the molecule is CCN(Cc1cccs1)C(=O)NC(c1nnc2n1CCC2)C(C)C. The Kier molecular flexibility index (Phi) is 5.18. The third kappa shape index (κ3) is 3.45. The van der Waals surface area contributed by atoms with E-state index in [1.54, 1.807) is 11.3 Å². The average Bonchev–Trinajstić information content (AvgIpc) is 3.27. The van der Waals surface area contributed by atoms with E-state index in [1.165, 1.54) is 4.88 Å². The van der Waals surface area contributed by atoms with Gasteiger partial charge in [-0.1, -0.05) is 19.9 Å². The number of urea groups is 1. The minimum Gasteiger partial charge on any atom is -0.328 e. The van der Waals surface area contributed by atoms with E-state index in [0.717, 1.165) is 31.0 Å². The third-order valence-electron chi connectivity index (χ3n) is 4.46. The van der Waals surface area contributed by atoms with E-state index in [-0.39, 0.29) is 18.0 Å². The Morgan fingerprint density at radius 2 is 2.29 bits per heavy atom. The number of rotatable bonds is 6. The van der Waals surface area contributed by atoms with Crippen LogP contribution in [0.15, 0.2) is 17.5 Å². The minimum atomic E-state index is -0.116. The van der Waals surface area contributed by atoms with E-state index in [1.807, 2.05) is 23.3 Å². The average molecular weight is 347 g/mol. The first-order valence-corrected chi connectivity index (χ1v) is 9.48.